The van der Waals surface area contributed by atoms with Crippen LogP contribution in [0.3, 0.4) is 0 Å². The maximum absolute atomic E-state index is 0. The molecular weight excluding hydrogens is 226 g/mol. The fourth-order valence-electron chi connectivity index (χ4n) is 0. The Labute approximate surface area is 147 Å². The summed E-state index contributed by atoms with van der Waals surface area (Å²) in [5, 5.41) is 0. The van der Waals surface area contributed by atoms with Crippen LogP contribution >= 0.6 is 0 Å². The summed E-state index contributed by atoms with van der Waals surface area (Å²) < 4.78 is 0. The van der Waals surface area contributed by atoms with Crippen molar-refractivity contribution in [1.29, 1.82) is 0 Å². The molecule has 0 aliphatic carbocycles. The zero-order valence-electron chi connectivity index (χ0n) is 6.05. The van der Waals surface area contributed by atoms with E-state index in [1.54, 1.807) is 0 Å². The van der Waals surface area contributed by atoms with Crippen molar-refractivity contribution in [2.24, 2.45) is 0 Å². The van der Waals surface area contributed by atoms with E-state index >= 15 is 0 Å². The van der Waals surface area contributed by atoms with E-state index < -0.39 is 0 Å². The summed E-state index contributed by atoms with van der Waals surface area (Å²) in [4.78, 5) is 0. The maximum Gasteiger partial charge on any atom is 2.00 e. The Morgan fingerprint density at radius 2 is 0.714 bits per heavy atom. The van der Waals surface area contributed by atoms with Gasteiger partial charge in [-0.15, -0.1) is 0 Å². The van der Waals surface area contributed by atoms with Gasteiger partial charge in [-0.25, -0.2) is 0 Å². The molecule has 0 unspecified atom stereocenters. The molecule has 1 nitrogen and oxygen atoms in total. The van der Waals surface area contributed by atoms with Crippen LogP contribution in [0, 0.1) is 0 Å². The van der Waals surface area contributed by atoms with Gasteiger partial charge in [0.1, 0.15) is 0 Å². The van der Waals surface area contributed by atoms with E-state index in [1.165, 1.54) is 0 Å². The molecule has 0 spiro atoms. The summed E-state index contributed by atoms with van der Waals surface area (Å²) in [6.45, 7) is 0. The van der Waals surface area contributed by atoms with Crippen molar-refractivity contribution in [3.05, 3.63) is 0 Å². The largest absolute Gasteiger partial charge is 2.00 e. The predicted molar refractivity (Wildman–Crippen MR) is 17.3 cm³/mol. The second-order valence-corrected chi connectivity index (χ2v) is 0. The molecule has 36 valence electrons. The van der Waals surface area contributed by atoms with Gasteiger partial charge in [0.15, 0.2) is 0 Å². The van der Waals surface area contributed by atoms with Crippen LogP contribution in [0.4, 0.5) is 0 Å². The molecule has 0 fully saturated rings. The molecule has 0 aliphatic rings. The van der Waals surface area contributed by atoms with Crippen molar-refractivity contribution in [2.75, 3.05) is 0 Å². The normalized spacial score (nSPS) is 0. The van der Waals surface area contributed by atoms with Gasteiger partial charge in [0.25, 0.3) is 0 Å². The average molecular weight is 230 g/mol. The van der Waals surface area contributed by atoms with Crippen LogP contribution < -0.4 is 66.8 Å². The third kappa shape index (κ3) is 38.1. The SMILES string of the molecule is O.[Ca+2].[Ca+2].[Cl-].[Cl-].[Cl-].[H-].[H-].[Na+]. The Morgan fingerprint density at radius 3 is 0.714 bits per heavy atom. The van der Waals surface area contributed by atoms with Crippen LogP contribution in [0.25, 0.3) is 0 Å². The summed E-state index contributed by atoms with van der Waals surface area (Å²) in [6, 6.07) is 0. The van der Waals surface area contributed by atoms with Gasteiger partial charge >= 0.3 is 105 Å². The van der Waals surface area contributed by atoms with Crippen molar-refractivity contribution in [3.63, 3.8) is 0 Å². The molecule has 0 aromatic rings. The Hall–Kier alpha value is 4.35. The minimum atomic E-state index is 0. The number of halogens is 3. The van der Waals surface area contributed by atoms with Gasteiger partial charge < -0.3 is 45.6 Å². The fraction of sp³-hybridized carbons (Fsp3) is 0. The summed E-state index contributed by atoms with van der Waals surface area (Å²) in [7, 11) is 0. The number of hydrogen-bond acceptors (Lipinski definition) is 0. The third-order valence-electron chi connectivity index (χ3n) is 0. The van der Waals surface area contributed by atoms with Gasteiger partial charge in [-0.05, 0) is 0 Å². The minimum absolute atomic E-state index is 0. The van der Waals surface area contributed by atoms with Gasteiger partial charge in [-0.2, -0.15) is 0 Å². The smallest absolute Gasteiger partial charge is 1.00 e. The Bertz CT molecular complexity index is 19.8. The zero-order valence-corrected chi connectivity index (χ0v) is 12.7. The molecule has 0 atom stereocenters. The molecule has 0 bridgehead atoms. The average Bonchev–Trinajstić information content (AvgIpc) is 0. The van der Waals surface area contributed by atoms with Crippen LogP contribution in [0.5, 0.6) is 0 Å². The van der Waals surface area contributed by atoms with E-state index in [1.807, 2.05) is 0 Å². The molecule has 0 aliphatic heterocycles. The quantitative estimate of drug-likeness (QED) is 0.370. The van der Waals surface area contributed by atoms with Crippen LogP contribution in [-0.4, -0.2) is 81.0 Å². The Morgan fingerprint density at radius 1 is 0.714 bits per heavy atom. The van der Waals surface area contributed by atoms with E-state index in [4.69, 9.17) is 0 Å². The number of rotatable bonds is 0. The minimum Gasteiger partial charge on any atom is -1.00 e. The first-order valence-corrected chi connectivity index (χ1v) is 0. The van der Waals surface area contributed by atoms with Gasteiger partial charge in [0.2, 0.25) is 0 Å². The van der Waals surface area contributed by atoms with Crippen molar-refractivity contribution < 1.29 is 75.1 Å². The molecule has 0 aromatic carbocycles. The van der Waals surface area contributed by atoms with E-state index in [-0.39, 0.29) is 151 Å². The van der Waals surface area contributed by atoms with E-state index in [0.29, 0.717) is 0 Å². The van der Waals surface area contributed by atoms with Crippen LogP contribution in [0.1, 0.15) is 2.85 Å². The molecular formula is H4Ca2Cl3NaO. The van der Waals surface area contributed by atoms with Crippen molar-refractivity contribution in [3.8, 4) is 0 Å². The van der Waals surface area contributed by atoms with E-state index in [2.05, 4.69) is 0 Å². The summed E-state index contributed by atoms with van der Waals surface area (Å²) in [5.74, 6) is 0. The van der Waals surface area contributed by atoms with Crippen molar-refractivity contribution in [1.82, 2.24) is 0 Å². The van der Waals surface area contributed by atoms with Crippen LogP contribution in [0.2, 0.25) is 0 Å². The molecule has 0 saturated heterocycles. The molecule has 0 amide bonds. The summed E-state index contributed by atoms with van der Waals surface area (Å²) in [6.07, 6.45) is 0. The Kier molecular flexibility index (Phi) is 439. The number of hydrogen-bond donors (Lipinski definition) is 0. The first-order valence-electron chi connectivity index (χ1n) is 0. The van der Waals surface area contributed by atoms with Crippen molar-refractivity contribution in [2.45, 2.75) is 0 Å². The van der Waals surface area contributed by atoms with E-state index in [9.17, 15) is 0 Å². The summed E-state index contributed by atoms with van der Waals surface area (Å²) >= 11 is 0. The summed E-state index contributed by atoms with van der Waals surface area (Å²) in [5.41, 5.74) is 0. The second-order valence-electron chi connectivity index (χ2n) is 0. The predicted octanol–water partition coefficient (Wildman–Crippen LogP) is -13.3. The Balaban J connectivity index is 0. The van der Waals surface area contributed by atoms with Gasteiger partial charge in [0.05, 0.1) is 0 Å². The topological polar surface area (TPSA) is 31.5 Å². The first kappa shape index (κ1) is 64.3. The maximum atomic E-state index is 0. The molecule has 7 heavy (non-hydrogen) atoms. The molecule has 0 aromatic heterocycles. The molecule has 0 heterocycles. The van der Waals surface area contributed by atoms with Gasteiger partial charge in [0, 0.05) is 0 Å². The standard InChI is InChI=1S/2Ca.3ClH.Na.H2O.2H/h;;3*1H;;1H2;;/q2*+2;;;;+1;;2*-1/p-3. The molecule has 2 N–H and O–H groups in total. The van der Waals surface area contributed by atoms with Crippen LogP contribution in [0.15, 0.2) is 0 Å². The van der Waals surface area contributed by atoms with Gasteiger partial charge in [-0.1, -0.05) is 0 Å². The molecule has 0 saturated carbocycles. The first-order chi connectivity index (χ1) is 0. The molecule has 0 radical (unpaired) electrons. The molecule has 7 heteroatoms. The fourth-order valence-corrected chi connectivity index (χ4v) is 0. The third-order valence-corrected chi connectivity index (χ3v) is 0. The van der Waals surface area contributed by atoms with Crippen LogP contribution in [-0.2, 0) is 0 Å². The van der Waals surface area contributed by atoms with Gasteiger partial charge in [-0.3, -0.25) is 0 Å². The van der Waals surface area contributed by atoms with E-state index in [0.717, 1.165) is 0 Å². The second kappa shape index (κ2) is 47.8. The van der Waals surface area contributed by atoms with Crippen molar-refractivity contribution >= 4 is 75.5 Å². The zero-order chi connectivity index (χ0) is 0. The monoisotopic (exact) mass is 228 g/mol. The molecule has 0 rings (SSSR count).